The van der Waals surface area contributed by atoms with Gasteiger partial charge < -0.3 is 15.4 Å². The van der Waals surface area contributed by atoms with Crippen molar-refractivity contribution in [1.82, 2.24) is 5.32 Å². The molecule has 0 aromatic heterocycles. The maximum absolute atomic E-state index is 13.4. The number of ether oxygens (including phenoxy) is 1. The van der Waals surface area contributed by atoms with Crippen LogP contribution in [0.1, 0.15) is 12.8 Å². The minimum absolute atomic E-state index is 0. The molecule has 1 aliphatic rings. The molecule has 1 saturated heterocycles. The Labute approximate surface area is 128 Å². The monoisotopic (exact) mass is 322 g/mol. The molecule has 1 aromatic rings. The van der Waals surface area contributed by atoms with Crippen molar-refractivity contribution in [2.75, 3.05) is 25.0 Å². The van der Waals surface area contributed by atoms with E-state index in [1.807, 2.05) is 0 Å². The van der Waals surface area contributed by atoms with Crippen molar-refractivity contribution in [3.8, 4) is 0 Å². The summed E-state index contributed by atoms with van der Waals surface area (Å²) in [4.78, 5) is 11.6. The Bertz CT molecular complexity index is 454. The van der Waals surface area contributed by atoms with E-state index in [9.17, 15) is 9.18 Å². The van der Waals surface area contributed by atoms with E-state index >= 15 is 0 Å². The van der Waals surface area contributed by atoms with Crippen LogP contribution in [0.2, 0.25) is 5.02 Å². The molecule has 0 saturated carbocycles. The molecule has 1 fully saturated rings. The standard InChI is InChI=1S/C13H16ClFN2O2.ClH/c14-9-3-4-12(11(15)6-9)17-13(18)8-16-7-10-2-1-5-19-10;/h3-4,6,10,16H,1-2,5,7-8H2,(H,17,18);1H. The van der Waals surface area contributed by atoms with Crippen molar-refractivity contribution in [2.24, 2.45) is 0 Å². The second-order valence-corrected chi connectivity index (χ2v) is 4.87. The minimum Gasteiger partial charge on any atom is -0.377 e. The summed E-state index contributed by atoms with van der Waals surface area (Å²) in [7, 11) is 0. The van der Waals surface area contributed by atoms with Crippen LogP contribution in [0.5, 0.6) is 0 Å². The minimum atomic E-state index is -0.542. The van der Waals surface area contributed by atoms with Crippen LogP contribution in [0.25, 0.3) is 0 Å². The maximum atomic E-state index is 13.4. The van der Waals surface area contributed by atoms with Gasteiger partial charge in [-0.3, -0.25) is 4.79 Å². The molecule has 0 spiro atoms. The molecule has 4 nitrogen and oxygen atoms in total. The summed E-state index contributed by atoms with van der Waals surface area (Å²) in [5.41, 5.74) is 0.133. The quantitative estimate of drug-likeness (QED) is 0.876. The van der Waals surface area contributed by atoms with Crippen molar-refractivity contribution < 1.29 is 13.9 Å². The summed E-state index contributed by atoms with van der Waals surface area (Å²) in [5, 5.41) is 5.78. The van der Waals surface area contributed by atoms with Crippen LogP contribution in [0.15, 0.2) is 18.2 Å². The van der Waals surface area contributed by atoms with Gasteiger partial charge >= 0.3 is 0 Å². The highest BCUT2D eigenvalue weighted by molar-refractivity contribution is 6.30. The molecule has 20 heavy (non-hydrogen) atoms. The highest BCUT2D eigenvalue weighted by Crippen LogP contribution is 2.18. The fraction of sp³-hybridized carbons (Fsp3) is 0.462. The molecule has 2 N–H and O–H groups in total. The number of hydrogen-bond acceptors (Lipinski definition) is 3. The lowest BCUT2D eigenvalue weighted by atomic mass is 10.2. The third-order valence-corrected chi connectivity index (χ3v) is 3.12. The van der Waals surface area contributed by atoms with Gasteiger partial charge in [-0.15, -0.1) is 12.4 Å². The van der Waals surface area contributed by atoms with E-state index in [4.69, 9.17) is 16.3 Å². The predicted molar refractivity (Wildman–Crippen MR) is 79.1 cm³/mol. The molecule has 1 heterocycles. The van der Waals surface area contributed by atoms with Gasteiger partial charge in [0, 0.05) is 18.2 Å². The van der Waals surface area contributed by atoms with Crippen molar-refractivity contribution >= 4 is 35.6 Å². The highest BCUT2D eigenvalue weighted by atomic mass is 35.5. The number of nitrogens with one attached hydrogen (secondary N) is 2. The van der Waals surface area contributed by atoms with Crippen LogP contribution in [-0.2, 0) is 9.53 Å². The number of rotatable bonds is 5. The molecule has 112 valence electrons. The normalized spacial score (nSPS) is 17.6. The maximum Gasteiger partial charge on any atom is 0.238 e. The molecule has 1 aromatic carbocycles. The number of carbonyl (C=O) groups excluding carboxylic acids is 1. The van der Waals surface area contributed by atoms with E-state index in [1.54, 1.807) is 0 Å². The zero-order valence-corrected chi connectivity index (χ0v) is 12.4. The Balaban J connectivity index is 0.00000200. The second-order valence-electron chi connectivity index (χ2n) is 4.44. The van der Waals surface area contributed by atoms with Gasteiger partial charge in [0.1, 0.15) is 5.82 Å². The van der Waals surface area contributed by atoms with E-state index < -0.39 is 5.82 Å². The van der Waals surface area contributed by atoms with Crippen LogP contribution in [-0.4, -0.2) is 31.7 Å². The van der Waals surface area contributed by atoms with Crippen molar-refractivity contribution in [3.05, 3.63) is 29.0 Å². The molecule has 1 unspecified atom stereocenters. The lowest BCUT2D eigenvalue weighted by Gasteiger charge is -2.11. The SMILES string of the molecule is Cl.O=C(CNCC1CCCO1)Nc1ccc(Cl)cc1F. The Hall–Kier alpha value is -0.880. The number of anilines is 1. The zero-order chi connectivity index (χ0) is 13.7. The average molecular weight is 323 g/mol. The number of carbonyl (C=O) groups is 1. The molecule has 0 radical (unpaired) electrons. The van der Waals surface area contributed by atoms with E-state index in [-0.39, 0.29) is 36.7 Å². The van der Waals surface area contributed by atoms with E-state index in [2.05, 4.69) is 10.6 Å². The summed E-state index contributed by atoms with van der Waals surface area (Å²) in [6, 6.07) is 4.13. The van der Waals surface area contributed by atoms with Crippen LogP contribution >= 0.6 is 24.0 Å². The molecule has 1 atom stereocenters. The van der Waals surface area contributed by atoms with Crippen molar-refractivity contribution in [1.29, 1.82) is 0 Å². The van der Waals surface area contributed by atoms with Crippen LogP contribution in [0.3, 0.4) is 0 Å². The van der Waals surface area contributed by atoms with Crippen LogP contribution in [0, 0.1) is 5.82 Å². The van der Waals surface area contributed by atoms with E-state index in [1.165, 1.54) is 12.1 Å². The predicted octanol–water partition coefficient (Wildman–Crippen LogP) is 2.61. The number of halogens is 3. The fourth-order valence-electron chi connectivity index (χ4n) is 1.94. The van der Waals surface area contributed by atoms with Gasteiger partial charge in [0.25, 0.3) is 0 Å². The first kappa shape index (κ1) is 17.2. The Kier molecular flexibility index (Phi) is 7.23. The summed E-state index contributed by atoms with van der Waals surface area (Å²) in [5.74, 6) is -0.834. The third-order valence-electron chi connectivity index (χ3n) is 2.89. The number of hydrogen-bond donors (Lipinski definition) is 2. The first-order valence-corrected chi connectivity index (χ1v) is 6.60. The van der Waals surface area contributed by atoms with Gasteiger partial charge in [-0.25, -0.2) is 4.39 Å². The number of benzene rings is 1. The Morgan fingerprint density at radius 1 is 1.50 bits per heavy atom. The topological polar surface area (TPSA) is 50.4 Å². The average Bonchev–Trinajstić information content (AvgIpc) is 2.86. The Morgan fingerprint density at radius 3 is 2.95 bits per heavy atom. The molecule has 1 aliphatic heterocycles. The number of amides is 1. The summed E-state index contributed by atoms with van der Waals surface area (Å²) >= 11 is 5.63. The summed E-state index contributed by atoms with van der Waals surface area (Å²) in [6.45, 7) is 1.55. The lowest BCUT2D eigenvalue weighted by Crippen LogP contribution is -2.33. The molecule has 2 rings (SSSR count). The summed E-state index contributed by atoms with van der Waals surface area (Å²) < 4.78 is 18.9. The molecule has 0 bridgehead atoms. The van der Waals surface area contributed by atoms with E-state index in [0.717, 1.165) is 25.5 Å². The molecule has 0 aliphatic carbocycles. The van der Waals surface area contributed by atoms with Crippen molar-refractivity contribution in [3.63, 3.8) is 0 Å². The molecule has 1 amide bonds. The van der Waals surface area contributed by atoms with Gasteiger partial charge in [-0.1, -0.05) is 11.6 Å². The second kappa shape index (κ2) is 8.42. The van der Waals surface area contributed by atoms with Gasteiger partial charge in [0.15, 0.2) is 0 Å². The van der Waals surface area contributed by atoms with Gasteiger partial charge in [-0.05, 0) is 31.0 Å². The third kappa shape index (κ3) is 5.25. The van der Waals surface area contributed by atoms with Gasteiger partial charge in [-0.2, -0.15) is 0 Å². The smallest absolute Gasteiger partial charge is 0.238 e. The molecular formula is C13H17Cl2FN2O2. The van der Waals surface area contributed by atoms with Crippen LogP contribution < -0.4 is 10.6 Å². The first-order chi connectivity index (χ1) is 9.15. The molecule has 7 heteroatoms. The lowest BCUT2D eigenvalue weighted by molar-refractivity contribution is -0.115. The zero-order valence-electron chi connectivity index (χ0n) is 10.8. The fourth-order valence-corrected chi connectivity index (χ4v) is 2.10. The summed E-state index contributed by atoms with van der Waals surface area (Å²) in [6.07, 6.45) is 2.26. The largest absolute Gasteiger partial charge is 0.377 e. The van der Waals surface area contributed by atoms with Crippen LogP contribution in [0.4, 0.5) is 10.1 Å². The first-order valence-electron chi connectivity index (χ1n) is 6.22. The Morgan fingerprint density at radius 2 is 2.30 bits per heavy atom. The molecular weight excluding hydrogens is 306 g/mol. The highest BCUT2D eigenvalue weighted by Gasteiger charge is 2.15. The van der Waals surface area contributed by atoms with E-state index in [0.29, 0.717) is 11.6 Å². The van der Waals surface area contributed by atoms with Gasteiger partial charge in [0.2, 0.25) is 5.91 Å². The van der Waals surface area contributed by atoms with Crippen molar-refractivity contribution in [2.45, 2.75) is 18.9 Å². The van der Waals surface area contributed by atoms with Gasteiger partial charge in [0.05, 0.1) is 18.3 Å².